The number of nitrogens with one attached hydrogen (secondary N) is 1. The lowest BCUT2D eigenvalue weighted by Crippen LogP contribution is -2.16. The van der Waals surface area contributed by atoms with Crippen molar-refractivity contribution >= 4 is 22.6 Å². The van der Waals surface area contributed by atoms with E-state index in [1.807, 2.05) is 42.5 Å². The van der Waals surface area contributed by atoms with Gasteiger partial charge in [0, 0.05) is 6.20 Å². The Morgan fingerprint density at radius 1 is 1.09 bits per heavy atom. The number of allylic oxidation sites excluding steroid dienone is 1. The molecule has 0 atom stereocenters. The number of fused-ring (bicyclic) bond motifs is 1. The Kier molecular flexibility index (Phi) is 4.06. The van der Waals surface area contributed by atoms with Gasteiger partial charge in [0.2, 0.25) is 0 Å². The van der Waals surface area contributed by atoms with E-state index in [0.717, 1.165) is 16.7 Å². The van der Waals surface area contributed by atoms with Gasteiger partial charge >= 0.3 is 0 Å². The zero-order chi connectivity index (χ0) is 16.2. The van der Waals surface area contributed by atoms with Crippen LogP contribution in [0, 0.1) is 0 Å². The topological polar surface area (TPSA) is 59.2 Å². The summed E-state index contributed by atoms with van der Waals surface area (Å²) < 4.78 is 5.09. The van der Waals surface area contributed by atoms with Crippen LogP contribution in [0.4, 0.5) is 0 Å². The standard InChI is InChI=1S/C19H15NO3/c1-23-15-9-6-13(7-10-15)8-11-17(21)18-16-5-3-2-4-14(16)12-20-19(18)22/h2-12H,1H3,(H,20,22)/b11-8+. The van der Waals surface area contributed by atoms with Crippen LogP contribution < -0.4 is 10.3 Å². The maximum absolute atomic E-state index is 12.4. The minimum absolute atomic E-state index is 0.160. The van der Waals surface area contributed by atoms with Crippen LogP contribution in [0.1, 0.15) is 15.9 Å². The summed E-state index contributed by atoms with van der Waals surface area (Å²) in [4.78, 5) is 27.1. The highest BCUT2D eigenvalue weighted by atomic mass is 16.5. The Morgan fingerprint density at radius 3 is 2.57 bits per heavy atom. The third-order valence-corrected chi connectivity index (χ3v) is 3.61. The summed E-state index contributed by atoms with van der Waals surface area (Å²) in [6.07, 6.45) is 4.71. The van der Waals surface area contributed by atoms with Crippen LogP contribution in [0.5, 0.6) is 5.75 Å². The van der Waals surface area contributed by atoms with E-state index >= 15 is 0 Å². The molecule has 0 saturated heterocycles. The lowest BCUT2D eigenvalue weighted by molar-refractivity contribution is 0.104. The lowest BCUT2D eigenvalue weighted by Gasteiger charge is -2.02. The molecule has 1 aromatic heterocycles. The van der Waals surface area contributed by atoms with E-state index in [4.69, 9.17) is 4.74 Å². The van der Waals surface area contributed by atoms with Gasteiger partial charge < -0.3 is 9.72 Å². The molecule has 0 radical (unpaired) electrons. The van der Waals surface area contributed by atoms with Gasteiger partial charge in [0.1, 0.15) is 5.75 Å². The van der Waals surface area contributed by atoms with E-state index in [0.29, 0.717) is 5.39 Å². The number of ketones is 1. The first-order valence-corrected chi connectivity index (χ1v) is 7.16. The van der Waals surface area contributed by atoms with E-state index in [2.05, 4.69) is 4.98 Å². The number of carbonyl (C=O) groups is 1. The average Bonchev–Trinajstić information content (AvgIpc) is 2.60. The molecule has 2 aromatic carbocycles. The summed E-state index contributed by atoms with van der Waals surface area (Å²) in [7, 11) is 1.60. The Morgan fingerprint density at radius 2 is 1.83 bits per heavy atom. The molecule has 0 aliphatic carbocycles. The summed E-state index contributed by atoms with van der Waals surface area (Å²) in [6, 6.07) is 14.6. The fourth-order valence-electron chi connectivity index (χ4n) is 2.40. The second-order valence-corrected chi connectivity index (χ2v) is 5.05. The first-order valence-electron chi connectivity index (χ1n) is 7.16. The molecule has 0 aliphatic heterocycles. The minimum atomic E-state index is -0.381. The number of carbonyl (C=O) groups excluding carboxylic acids is 1. The van der Waals surface area contributed by atoms with Crippen molar-refractivity contribution in [3.05, 3.63) is 82.3 Å². The monoisotopic (exact) mass is 305 g/mol. The predicted molar refractivity (Wildman–Crippen MR) is 90.9 cm³/mol. The maximum atomic E-state index is 12.4. The summed E-state index contributed by atoms with van der Waals surface area (Å²) in [6.45, 7) is 0. The number of aromatic nitrogens is 1. The summed E-state index contributed by atoms with van der Waals surface area (Å²) in [5.41, 5.74) is 0.636. The highest BCUT2D eigenvalue weighted by molar-refractivity contribution is 6.14. The molecule has 114 valence electrons. The number of hydrogen-bond acceptors (Lipinski definition) is 3. The van der Waals surface area contributed by atoms with Gasteiger partial charge in [0.05, 0.1) is 12.7 Å². The molecule has 0 bridgehead atoms. The third kappa shape index (κ3) is 3.06. The molecule has 4 heteroatoms. The van der Waals surface area contributed by atoms with Gasteiger partial charge in [-0.2, -0.15) is 0 Å². The van der Waals surface area contributed by atoms with Gasteiger partial charge in [-0.1, -0.05) is 42.5 Å². The molecule has 3 rings (SSSR count). The fourth-order valence-corrected chi connectivity index (χ4v) is 2.40. The van der Waals surface area contributed by atoms with Crippen molar-refractivity contribution in [2.45, 2.75) is 0 Å². The van der Waals surface area contributed by atoms with Gasteiger partial charge in [-0.15, -0.1) is 0 Å². The smallest absolute Gasteiger partial charge is 0.259 e. The quantitative estimate of drug-likeness (QED) is 0.593. The molecule has 23 heavy (non-hydrogen) atoms. The number of rotatable bonds is 4. The minimum Gasteiger partial charge on any atom is -0.497 e. The van der Waals surface area contributed by atoms with Gasteiger partial charge in [-0.05, 0) is 34.5 Å². The SMILES string of the molecule is COc1ccc(/C=C/C(=O)c2c(=O)[nH]cc3ccccc23)cc1. The van der Waals surface area contributed by atoms with Crippen LogP contribution in [0.25, 0.3) is 16.8 Å². The number of hydrogen-bond donors (Lipinski definition) is 1. The summed E-state index contributed by atoms with van der Waals surface area (Å²) >= 11 is 0. The van der Waals surface area contributed by atoms with E-state index in [1.54, 1.807) is 25.4 Å². The zero-order valence-corrected chi connectivity index (χ0v) is 12.6. The van der Waals surface area contributed by atoms with E-state index in [-0.39, 0.29) is 16.9 Å². The van der Waals surface area contributed by atoms with E-state index in [1.165, 1.54) is 6.08 Å². The second-order valence-electron chi connectivity index (χ2n) is 5.05. The third-order valence-electron chi connectivity index (χ3n) is 3.61. The van der Waals surface area contributed by atoms with Crippen molar-refractivity contribution in [3.8, 4) is 5.75 Å². The van der Waals surface area contributed by atoms with Crippen LogP contribution in [-0.2, 0) is 0 Å². The van der Waals surface area contributed by atoms with E-state index in [9.17, 15) is 9.59 Å². The molecule has 0 aliphatic rings. The van der Waals surface area contributed by atoms with Crippen LogP contribution in [0.3, 0.4) is 0 Å². The van der Waals surface area contributed by atoms with Gasteiger partial charge in [0.15, 0.2) is 5.78 Å². The molecule has 0 saturated carbocycles. The van der Waals surface area contributed by atoms with Crippen LogP contribution >= 0.6 is 0 Å². The highest BCUT2D eigenvalue weighted by Gasteiger charge is 2.11. The van der Waals surface area contributed by atoms with Gasteiger partial charge in [-0.25, -0.2) is 0 Å². The van der Waals surface area contributed by atoms with Crippen molar-refractivity contribution in [2.24, 2.45) is 0 Å². The molecule has 0 fully saturated rings. The number of aromatic amines is 1. The van der Waals surface area contributed by atoms with Gasteiger partial charge in [0.25, 0.3) is 5.56 Å². The van der Waals surface area contributed by atoms with Crippen molar-refractivity contribution in [1.29, 1.82) is 0 Å². The number of ether oxygens (including phenoxy) is 1. The Hall–Kier alpha value is -3.14. The highest BCUT2D eigenvalue weighted by Crippen LogP contribution is 2.16. The number of H-pyrrole nitrogens is 1. The number of pyridine rings is 1. The fraction of sp³-hybridized carbons (Fsp3) is 0.0526. The molecule has 1 heterocycles. The Labute approximate surface area is 133 Å². The molecular formula is C19H15NO3. The first kappa shape index (κ1) is 14.8. The summed E-state index contributed by atoms with van der Waals surface area (Å²) in [5.74, 6) is 0.429. The van der Waals surface area contributed by atoms with E-state index < -0.39 is 0 Å². The first-order chi connectivity index (χ1) is 11.2. The Balaban J connectivity index is 1.95. The van der Waals surface area contributed by atoms with Crippen LogP contribution in [0.2, 0.25) is 0 Å². The molecule has 0 spiro atoms. The molecular weight excluding hydrogens is 290 g/mol. The molecule has 0 unspecified atom stereocenters. The van der Waals surface area contributed by atoms with Crippen LogP contribution in [0.15, 0.2) is 65.6 Å². The average molecular weight is 305 g/mol. The summed E-state index contributed by atoms with van der Waals surface area (Å²) in [5, 5.41) is 1.48. The van der Waals surface area contributed by atoms with Crippen molar-refractivity contribution in [2.75, 3.05) is 7.11 Å². The molecule has 0 amide bonds. The van der Waals surface area contributed by atoms with Gasteiger partial charge in [-0.3, -0.25) is 9.59 Å². The normalized spacial score (nSPS) is 11.0. The Bertz CT molecular complexity index is 937. The molecule has 3 aromatic rings. The number of benzene rings is 2. The number of methoxy groups -OCH3 is 1. The van der Waals surface area contributed by atoms with Crippen molar-refractivity contribution in [3.63, 3.8) is 0 Å². The second kappa shape index (κ2) is 6.32. The largest absolute Gasteiger partial charge is 0.497 e. The predicted octanol–water partition coefficient (Wildman–Crippen LogP) is 3.43. The van der Waals surface area contributed by atoms with Crippen molar-refractivity contribution < 1.29 is 9.53 Å². The lowest BCUT2D eigenvalue weighted by atomic mass is 10.0. The molecule has 1 N–H and O–H groups in total. The zero-order valence-electron chi connectivity index (χ0n) is 12.6. The maximum Gasteiger partial charge on any atom is 0.259 e. The molecule has 4 nitrogen and oxygen atoms in total. The van der Waals surface area contributed by atoms with Crippen LogP contribution in [-0.4, -0.2) is 17.9 Å². The van der Waals surface area contributed by atoms with Crippen molar-refractivity contribution in [1.82, 2.24) is 4.98 Å².